The van der Waals surface area contributed by atoms with E-state index in [1.807, 2.05) is 6.07 Å². The van der Waals surface area contributed by atoms with Crippen LogP contribution in [0.1, 0.15) is 41.0 Å². The lowest BCUT2D eigenvalue weighted by Crippen LogP contribution is -2.58. The quantitative estimate of drug-likeness (QED) is 0.755. The summed E-state index contributed by atoms with van der Waals surface area (Å²) in [5.74, 6) is 2.21. The van der Waals surface area contributed by atoms with Crippen LogP contribution in [0.4, 0.5) is 0 Å². The van der Waals surface area contributed by atoms with Crippen molar-refractivity contribution in [3.8, 4) is 0 Å². The molecule has 0 bridgehead atoms. The van der Waals surface area contributed by atoms with E-state index in [4.69, 9.17) is 4.42 Å². The summed E-state index contributed by atoms with van der Waals surface area (Å²) in [5, 5.41) is 4.79. The third-order valence-corrected chi connectivity index (χ3v) is 5.86. The van der Waals surface area contributed by atoms with E-state index in [2.05, 4.69) is 74.6 Å². The molecule has 0 aromatic carbocycles. The highest BCUT2D eigenvalue weighted by molar-refractivity contribution is 6.70. The third-order valence-electron chi connectivity index (χ3n) is 5.86. The zero-order chi connectivity index (χ0) is 17.3. The minimum Gasteiger partial charge on any atom is -0.439 e. The molecular weight excluding hydrogens is 297 g/mol. The largest absolute Gasteiger partial charge is 0.439 e. The molecule has 0 radical (unpaired) electrons. The maximum Gasteiger partial charge on any atom is 0.299 e. The van der Waals surface area contributed by atoms with Crippen LogP contribution < -0.4 is 10.6 Å². The van der Waals surface area contributed by atoms with Gasteiger partial charge in [0.1, 0.15) is 5.42 Å². The fourth-order valence-electron chi connectivity index (χ4n) is 4.74. The Hall–Kier alpha value is -1.75. The van der Waals surface area contributed by atoms with E-state index >= 15 is 0 Å². The molecule has 0 N–H and O–H groups in total. The number of furan rings is 1. The van der Waals surface area contributed by atoms with Gasteiger partial charge in [-0.05, 0) is 50.7 Å². The average Bonchev–Trinajstić information content (AvgIpc) is 2.90. The lowest BCUT2D eigenvalue weighted by molar-refractivity contribution is 0.00245. The first-order valence-corrected chi connectivity index (χ1v) is 8.85. The standard InChI is InChI=1S/C19H26BN3O/c1-13-18(2,3)12-19(4,5)23(13)22-11-15-14-8-7-9-21-17(14)24-16(15)10-20(22)6/h7-11,13H,12H2,1-6H3. The zero-order valence-corrected chi connectivity index (χ0v) is 15.5. The van der Waals surface area contributed by atoms with Crippen molar-refractivity contribution < 1.29 is 4.42 Å². The van der Waals surface area contributed by atoms with Gasteiger partial charge in [-0.1, -0.05) is 20.7 Å². The summed E-state index contributed by atoms with van der Waals surface area (Å²) < 4.78 is 5.95. The predicted molar refractivity (Wildman–Crippen MR) is 99.4 cm³/mol. The predicted octanol–water partition coefficient (Wildman–Crippen LogP) is 2.64. The molecule has 0 aliphatic carbocycles. The molecule has 1 fully saturated rings. The fourth-order valence-corrected chi connectivity index (χ4v) is 4.74. The smallest absolute Gasteiger partial charge is 0.299 e. The van der Waals surface area contributed by atoms with Crippen LogP contribution in [-0.4, -0.2) is 33.3 Å². The Bertz CT molecular complexity index is 914. The van der Waals surface area contributed by atoms with E-state index in [1.54, 1.807) is 6.20 Å². The van der Waals surface area contributed by atoms with Gasteiger partial charge < -0.3 is 9.34 Å². The monoisotopic (exact) mass is 323 g/mol. The normalized spacial score (nSPS) is 25.5. The van der Waals surface area contributed by atoms with Crippen LogP contribution in [0.3, 0.4) is 0 Å². The van der Waals surface area contributed by atoms with Crippen molar-refractivity contribution >= 4 is 30.1 Å². The Balaban J connectivity index is 1.88. The fraction of sp³-hybridized carbons (Fsp3) is 0.526. The van der Waals surface area contributed by atoms with Gasteiger partial charge in [-0.2, -0.15) is 0 Å². The summed E-state index contributed by atoms with van der Waals surface area (Å²) in [6.07, 6.45) is 5.22. The van der Waals surface area contributed by atoms with E-state index in [0.717, 1.165) is 21.7 Å². The highest BCUT2D eigenvalue weighted by Gasteiger charge is 2.51. The molecule has 4 heterocycles. The summed E-state index contributed by atoms with van der Waals surface area (Å²) in [5.41, 5.74) is 2.07. The lowest BCUT2D eigenvalue weighted by Gasteiger charge is -2.46. The molecule has 0 amide bonds. The minimum absolute atomic E-state index is 0.122. The van der Waals surface area contributed by atoms with E-state index in [1.165, 1.54) is 6.42 Å². The summed E-state index contributed by atoms with van der Waals surface area (Å²) >= 11 is 0. The van der Waals surface area contributed by atoms with Gasteiger partial charge in [0.15, 0.2) is 0 Å². The average molecular weight is 323 g/mol. The Morgan fingerprint density at radius 1 is 1.29 bits per heavy atom. The molecule has 5 heteroatoms. The second kappa shape index (κ2) is 4.88. The summed E-state index contributed by atoms with van der Waals surface area (Å²) in [6, 6.07) is 4.53. The molecule has 2 aromatic rings. The third kappa shape index (κ3) is 2.14. The summed E-state index contributed by atoms with van der Waals surface area (Å²) in [6.45, 7) is 14.3. The minimum atomic E-state index is 0.122. The van der Waals surface area contributed by atoms with Gasteiger partial charge in [-0.15, -0.1) is 0 Å². The van der Waals surface area contributed by atoms with Crippen LogP contribution in [-0.2, 0) is 0 Å². The first-order valence-electron chi connectivity index (χ1n) is 8.85. The molecule has 126 valence electrons. The Kier molecular flexibility index (Phi) is 3.21. The number of hydrogen-bond donors (Lipinski definition) is 0. The Morgan fingerprint density at radius 3 is 2.71 bits per heavy atom. The molecule has 0 saturated carbocycles. The molecule has 4 nitrogen and oxygen atoms in total. The van der Waals surface area contributed by atoms with Gasteiger partial charge in [0.05, 0.1) is 0 Å². The molecule has 2 aliphatic heterocycles. The van der Waals surface area contributed by atoms with Crippen LogP contribution in [0, 0.1) is 5.41 Å². The number of hydrogen-bond acceptors (Lipinski definition) is 4. The first kappa shape index (κ1) is 15.8. The van der Waals surface area contributed by atoms with Gasteiger partial charge >= 0.3 is 0 Å². The van der Waals surface area contributed by atoms with Gasteiger partial charge in [0, 0.05) is 34.6 Å². The van der Waals surface area contributed by atoms with Crippen molar-refractivity contribution in [2.24, 2.45) is 5.41 Å². The second-order valence-corrected chi connectivity index (χ2v) is 8.65. The van der Waals surface area contributed by atoms with Crippen LogP contribution in [0.5, 0.6) is 0 Å². The molecule has 1 unspecified atom stereocenters. The van der Waals surface area contributed by atoms with Crippen LogP contribution in [0.15, 0.2) is 22.7 Å². The van der Waals surface area contributed by atoms with Gasteiger partial charge in [0.25, 0.3) is 6.85 Å². The molecule has 0 spiro atoms. The number of pyridine rings is 1. The van der Waals surface area contributed by atoms with E-state index in [9.17, 15) is 0 Å². The number of fused-ring (bicyclic) bond motifs is 3. The van der Waals surface area contributed by atoms with Gasteiger partial charge in [-0.25, -0.2) is 9.99 Å². The number of rotatable bonds is 1. The van der Waals surface area contributed by atoms with Crippen molar-refractivity contribution in [3.05, 3.63) is 29.0 Å². The van der Waals surface area contributed by atoms with Crippen molar-refractivity contribution in [3.63, 3.8) is 0 Å². The zero-order valence-electron chi connectivity index (χ0n) is 15.5. The van der Waals surface area contributed by atoms with Gasteiger partial charge in [-0.3, -0.25) is 0 Å². The van der Waals surface area contributed by atoms with E-state index in [-0.39, 0.29) is 17.8 Å². The summed E-state index contributed by atoms with van der Waals surface area (Å²) in [7, 11) is 0. The number of aromatic nitrogens is 1. The highest BCUT2D eigenvalue weighted by atomic mass is 16.3. The maximum absolute atomic E-state index is 5.95. The van der Waals surface area contributed by atoms with Crippen molar-refractivity contribution in [2.45, 2.75) is 59.4 Å². The number of hydrazine groups is 1. The van der Waals surface area contributed by atoms with Crippen LogP contribution >= 0.6 is 0 Å². The Morgan fingerprint density at radius 2 is 2.04 bits per heavy atom. The Labute approximate surface area is 143 Å². The maximum atomic E-state index is 5.95. The molecule has 24 heavy (non-hydrogen) atoms. The topological polar surface area (TPSA) is 32.5 Å². The van der Waals surface area contributed by atoms with Crippen molar-refractivity contribution in [1.29, 1.82) is 0 Å². The van der Waals surface area contributed by atoms with E-state index in [0.29, 0.717) is 6.04 Å². The molecule has 2 aromatic heterocycles. The lowest BCUT2D eigenvalue weighted by atomic mass is 9.63. The second-order valence-electron chi connectivity index (χ2n) is 8.65. The molecule has 2 aliphatic rings. The van der Waals surface area contributed by atoms with Crippen LogP contribution in [0.2, 0.25) is 6.82 Å². The molecule has 1 saturated heterocycles. The summed E-state index contributed by atoms with van der Waals surface area (Å²) in [4.78, 5) is 6.77. The van der Waals surface area contributed by atoms with Crippen molar-refractivity contribution in [1.82, 2.24) is 14.9 Å². The highest BCUT2D eigenvalue weighted by Crippen LogP contribution is 2.47. The van der Waals surface area contributed by atoms with Crippen LogP contribution in [0.25, 0.3) is 23.3 Å². The van der Waals surface area contributed by atoms with E-state index < -0.39 is 0 Å². The first-order chi connectivity index (χ1) is 11.2. The molecular formula is C19H26BN3O. The molecule has 1 atom stereocenters. The SMILES string of the molecule is CB1C=c2oc3ncccc3c2=CN1N1C(C)C(C)(C)CC1(C)C. The number of nitrogens with zero attached hydrogens (tertiary/aromatic N) is 3. The van der Waals surface area contributed by atoms with Crippen molar-refractivity contribution in [2.75, 3.05) is 0 Å². The van der Waals surface area contributed by atoms with Gasteiger partial charge in [0.2, 0.25) is 5.71 Å². The molecule has 4 rings (SSSR count).